The van der Waals surface area contributed by atoms with Gasteiger partial charge >= 0.3 is 0 Å². The predicted molar refractivity (Wildman–Crippen MR) is 115 cm³/mol. The number of benzene rings is 2. The molecule has 29 heavy (non-hydrogen) atoms. The van der Waals surface area contributed by atoms with Crippen LogP contribution in [-0.4, -0.2) is 40.8 Å². The number of nitrogens with zero attached hydrogens (tertiary/aromatic N) is 6. The lowest BCUT2D eigenvalue weighted by molar-refractivity contribution is 0.563. The molecule has 7 nitrogen and oxygen atoms in total. The fourth-order valence-corrected chi connectivity index (χ4v) is 3.35. The first-order chi connectivity index (χ1) is 14.1. The Morgan fingerprint density at radius 1 is 1.07 bits per heavy atom. The van der Waals surface area contributed by atoms with Gasteiger partial charge in [-0.3, -0.25) is 0 Å². The standard InChI is InChI=1S/C21H21N7S/c1-14(2)11-20-22-19(13-29)25-28(20)12-15-7-9-16(10-8-15)17-5-3-4-6-18(17)21-23-26-27-24-21/h3-10,13-14H,11-12H2,1-2H3,(H,23,24,26,27). The van der Waals surface area contributed by atoms with Crippen molar-refractivity contribution < 1.29 is 0 Å². The maximum absolute atomic E-state index is 5.01. The first kappa shape index (κ1) is 19.1. The Morgan fingerprint density at radius 2 is 1.83 bits per heavy atom. The van der Waals surface area contributed by atoms with Crippen molar-refractivity contribution in [1.82, 2.24) is 35.4 Å². The molecule has 2 heterocycles. The van der Waals surface area contributed by atoms with Gasteiger partial charge in [0.25, 0.3) is 0 Å². The number of nitrogens with one attached hydrogen (secondary N) is 1. The molecule has 4 aromatic rings. The van der Waals surface area contributed by atoms with Crippen molar-refractivity contribution in [3.05, 3.63) is 65.7 Å². The second-order valence-electron chi connectivity index (χ2n) is 7.24. The van der Waals surface area contributed by atoms with Gasteiger partial charge in [-0.05, 0) is 27.8 Å². The average Bonchev–Trinajstić information content (AvgIpc) is 3.39. The number of hydrogen-bond donors (Lipinski definition) is 1. The molecule has 2 aromatic heterocycles. The van der Waals surface area contributed by atoms with Crippen LogP contribution in [-0.2, 0) is 13.0 Å². The zero-order chi connectivity index (χ0) is 20.2. The maximum atomic E-state index is 5.01. The Kier molecular flexibility index (Phi) is 5.53. The molecule has 4 rings (SSSR count). The van der Waals surface area contributed by atoms with Gasteiger partial charge in [0.2, 0.25) is 5.82 Å². The molecule has 0 saturated heterocycles. The first-order valence-corrected chi connectivity index (χ1v) is 9.92. The van der Waals surface area contributed by atoms with Crippen LogP contribution in [0.15, 0.2) is 48.5 Å². The highest BCUT2D eigenvalue weighted by atomic mass is 32.1. The molecule has 146 valence electrons. The van der Waals surface area contributed by atoms with Gasteiger partial charge in [0.15, 0.2) is 5.82 Å². The summed E-state index contributed by atoms with van der Waals surface area (Å²) in [6.07, 6.45) is 0.867. The third-order valence-corrected chi connectivity index (χ3v) is 4.78. The number of tetrazole rings is 1. The largest absolute Gasteiger partial charge is 0.245 e. The summed E-state index contributed by atoms with van der Waals surface area (Å²) >= 11 is 5.01. The van der Waals surface area contributed by atoms with E-state index in [0.717, 1.165) is 34.5 Å². The van der Waals surface area contributed by atoms with Crippen LogP contribution in [0.2, 0.25) is 0 Å². The molecule has 2 aromatic carbocycles. The van der Waals surface area contributed by atoms with E-state index in [1.54, 1.807) is 0 Å². The van der Waals surface area contributed by atoms with E-state index in [4.69, 9.17) is 12.2 Å². The van der Waals surface area contributed by atoms with E-state index in [1.807, 2.05) is 22.9 Å². The van der Waals surface area contributed by atoms with E-state index in [2.05, 4.69) is 74.9 Å². The number of H-pyrrole nitrogens is 1. The number of aromatic amines is 1. The number of aromatic nitrogens is 7. The van der Waals surface area contributed by atoms with Crippen LogP contribution in [0, 0.1) is 5.92 Å². The lowest BCUT2D eigenvalue weighted by Crippen LogP contribution is -2.09. The maximum Gasteiger partial charge on any atom is 0.205 e. The molecule has 8 heteroatoms. The smallest absolute Gasteiger partial charge is 0.205 e. The summed E-state index contributed by atoms with van der Waals surface area (Å²) in [6, 6.07) is 16.5. The summed E-state index contributed by atoms with van der Waals surface area (Å²) in [5, 5.41) is 20.5. The second kappa shape index (κ2) is 8.40. The van der Waals surface area contributed by atoms with Gasteiger partial charge < -0.3 is 0 Å². The van der Waals surface area contributed by atoms with Crippen LogP contribution in [0.3, 0.4) is 0 Å². The van der Waals surface area contributed by atoms with Crippen molar-refractivity contribution in [3.8, 4) is 22.5 Å². The van der Waals surface area contributed by atoms with Crippen molar-refractivity contribution in [2.45, 2.75) is 26.8 Å². The lowest BCUT2D eigenvalue weighted by atomic mass is 9.98. The molecule has 0 unspecified atom stereocenters. The van der Waals surface area contributed by atoms with Gasteiger partial charge in [0, 0.05) is 17.4 Å². The Balaban J connectivity index is 1.60. The van der Waals surface area contributed by atoms with Crippen LogP contribution >= 0.6 is 12.2 Å². The molecule has 0 fully saturated rings. The molecule has 0 atom stereocenters. The minimum absolute atomic E-state index is 0.500. The minimum atomic E-state index is 0.500. The average molecular weight is 404 g/mol. The van der Waals surface area contributed by atoms with Gasteiger partial charge in [-0.25, -0.2) is 9.67 Å². The van der Waals surface area contributed by atoms with Crippen molar-refractivity contribution in [3.63, 3.8) is 0 Å². The normalized spacial score (nSPS) is 11.1. The van der Waals surface area contributed by atoms with Gasteiger partial charge in [-0.1, -0.05) is 74.6 Å². The quantitative estimate of drug-likeness (QED) is 0.474. The van der Waals surface area contributed by atoms with E-state index < -0.39 is 0 Å². The van der Waals surface area contributed by atoms with Gasteiger partial charge in [-0.15, -0.1) is 10.2 Å². The third-order valence-electron chi connectivity index (χ3n) is 4.57. The summed E-state index contributed by atoms with van der Waals surface area (Å²) in [7, 11) is 0. The van der Waals surface area contributed by atoms with Gasteiger partial charge in [0.1, 0.15) is 5.82 Å². The predicted octanol–water partition coefficient (Wildman–Crippen LogP) is 3.72. The van der Waals surface area contributed by atoms with Crippen molar-refractivity contribution in [2.24, 2.45) is 5.92 Å². The summed E-state index contributed by atoms with van der Waals surface area (Å²) < 4.78 is 1.94. The number of thiocarbonyl (C=S) groups is 1. The minimum Gasteiger partial charge on any atom is -0.245 e. The van der Waals surface area contributed by atoms with Crippen LogP contribution in [0.25, 0.3) is 22.5 Å². The fourth-order valence-electron chi connectivity index (χ4n) is 3.25. The molecular formula is C21H21N7S. The molecule has 0 saturated carbocycles. The summed E-state index contributed by atoms with van der Waals surface area (Å²) in [5.41, 5.74) is 4.24. The molecule has 0 aliphatic carbocycles. The third kappa shape index (κ3) is 4.27. The second-order valence-corrected chi connectivity index (χ2v) is 7.47. The van der Waals surface area contributed by atoms with E-state index in [0.29, 0.717) is 24.1 Å². The molecule has 0 radical (unpaired) electrons. The van der Waals surface area contributed by atoms with Crippen molar-refractivity contribution >= 4 is 17.6 Å². The molecule has 0 aliphatic rings. The molecule has 0 spiro atoms. The van der Waals surface area contributed by atoms with E-state index in [9.17, 15) is 0 Å². The monoisotopic (exact) mass is 403 g/mol. The molecule has 0 bridgehead atoms. The van der Waals surface area contributed by atoms with E-state index in [-0.39, 0.29) is 0 Å². The molecular weight excluding hydrogens is 382 g/mol. The fraction of sp³-hybridized carbons (Fsp3) is 0.238. The Bertz CT molecular complexity index is 1100. The van der Waals surface area contributed by atoms with E-state index in [1.165, 1.54) is 5.37 Å². The lowest BCUT2D eigenvalue weighted by Gasteiger charge is -2.10. The Morgan fingerprint density at radius 3 is 2.48 bits per heavy atom. The van der Waals surface area contributed by atoms with Crippen LogP contribution in [0.4, 0.5) is 0 Å². The van der Waals surface area contributed by atoms with Crippen molar-refractivity contribution in [1.29, 1.82) is 0 Å². The zero-order valence-corrected chi connectivity index (χ0v) is 17.1. The van der Waals surface area contributed by atoms with Crippen LogP contribution < -0.4 is 0 Å². The summed E-state index contributed by atoms with van der Waals surface area (Å²) in [4.78, 5) is 4.54. The highest BCUT2D eigenvalue weighted by molar-refractivity contribution is 7.79. The highest BCUT2D eigenvalue weighted by Crippen LogP contribution is 2.29. The van der Waals surface area contributed by atoms with Gasteiger partial charge in [0.05, 0.1) is 6.54 Å². The van der Waals surface area contributed by atoms with Gasteiger partial charge in [-0.2, -0.15) is 10.3 Å². The zero-order valence-electron chi connectivity index (χ0n) is 16.3. The SMILES string of the molecule is CC(C)Cc1nc(C=S)nn1Cc1ccc(-c2ccccc2-c2nn[nH]n2)cc1. The molecule has 1 N–H and O–H groups in total. The van der Waals surface area contributed by atoms with Crippen molar-refractivity contribution in [2.75, 3.05) is 0 Å². The summed E-state index contributed by atoms with van der Waals surface area (Å²) in [5.74, 6) is 2.64. The number of rotatable bonds is 7. The number of hydrogen-bond acceptors (Lipinski definition) is 6. The van der Waals surface area contributed by atoms with E-state index >= 15 is 0 Å². The highest BCUT2D eigenvalue weighted by Gasteiger charge is 2.13. The Labute approximate surface area is 174 Å². The molecule has 0 aliphatic heterocycles. The molecule has 0 amide bonds. The van der Waals surface area contributed by atoms with Crippen LogP contribution in [0.1, 0.15) is 31.1 Å². The topological polar surface area (TPSA) is 85.2 Å². The summed E-state index contributed by atoms with van der Waals surface area (Å²) in [6.45, 7) is 5.00. The van der Waals surface area contributed by atoms with Crippen LogP contribution in [0.5, 0.6) is 0 Å². The Hall–Kier alpha value is -3.26. The first-order valence-electron chi connectivity index (χ1n) is 9.45.